The lowest BCUT2D eigenvalue weighted by Gasteiger charge is -2.19. The summed E-state index contributed by atoms with van der Waals surface area (Å²) in [4.78, 5) is 30.6. The molecule has 3 aromatic rings. The lowest BCUT2D eigenvalue weighted by Crippen LogP contribution is -2.36. The number of benzene rings is 2. The molecule has 7 heteroatoms. The van der Waals surface area contributed by atoms with Gasteiger partial charge in [-0.2, -0.15) is 0 Å². The van der Waals surface area contributed by atoms with Crippen LogP contribution in [-0.2, 0) is 0 Å². The quantitative estimate of drug-likeness (QED) is 0.592. The van der Waals surface area contributed by atoms with Gasteiger partial charge >= 0.3 is 0 Å². The molecule has 1 N–H and O–H groups in total. The average Bonchev–Trinajstić information content (AvgIpc) is 3.00. The minimum absolute atomic E-state index is 0.0491. The summed E-state index contributed by atoms with van der Waals surface area (Å²) in [5.41, 5.74) is 1.64. The summed E-state index contributed by atoms with van der Waals surface area (Å²) in [6.07, 6.45) is 5.17. The molecular formula is C23H17ClN2O4. The summed E-state index contributed by atoms with van der Waals surface area (Å²) >= 11 is 6.03. The summed E-state index contributed by atoms with van der Waals surface area (Å²) < 4.78 is 5.61. The van der Waals surface area contributed by atoms with Crippen LogP contribution in [0.5, 0.6) is 17.4 Å². The molecule has 0 radical (unpaired) electrons. The number of halogens is 1. The van der Waals surface area contributed by atoms with Crippen LogP contribution >= 0.6 is 11.6 Å². The van der Waals surface area contributed by atoms with E-state index in [-0.39, 0.29) is 22.6 Å². The van der Waals surface area contributed by atoms with Crippen molar-refractivity contribution in [2.75, 3.05) is 0 Å². The van der Waals surface area contributed by atoms with Crippen molar-refractivity contribution in [3.8, 4) is 17.4 Å². The fourth-order valence-electron chi connectivity index (χ4n) is 3.15. The summed E-state index contributed by atoms with van der Waals surface area (Å²) in [5, 5.41) is 9.67. The van der Waals surface area contributed by atoms with Crippen LogP contribution in [0, 0.1) is 0 Å². The first kappa shape index (κ1) is 19.7. The van der Waals surface area contributed by atoms with E-state index in [0.29, 0.717) is 22.8 Å². The number of aromatic nitrogens is 1. The van der Waals surface area contributed by atoms with Crippen LogP contribution in [0.1, 0.15) is 33.2 Å². The Morgan fingerprint density at radius 3 is 2.37 bits per heavy atom. The van der Waals surface area contributed by atoms with Gasteiger partial charge < -0.3 is 9.84 Å². The molecule has 2 aromatic carbocycles. The van der Waals surface area contributed by atoms with Gasteiger partial charge in [0.25, 0.3) is 11.8 Å². The monoisotopic (exact) mass is 420 g/mol. The largest absolute Gasteiger partial charge is 0.508 e. The molecule has 0 fully saturated rings. The molecule has 0 aliphatic carbocycles. The third kappa shape index (κ3) is 3.77. The highest BCUT2D eigenvalue weighted by Gasteiger charge is 2.37. The number of carbonyl (C=O) groups is 2. The minimum atomic E-state index is -0.413. The van der Waals surface area contributed by atoms with Gasteiger partial charge in [0, 0.05) is 18.3 Å². The van der Waals surface area contributed by atoms with Crippen LogP contribution < -0.4 is 4.74 Å². The van der Waals surface area contributed by atoms with E-state index < -0.39 is 6.04 Å². The molecular weight excluding hydrogens is 404 g/mol. The molecule has 30 heavy (non-hydrogen) atoms. The van der Waals surface area contributed by atoms with Crippen molar-refractivity contribution in [2.24, 2.45) is 0 Å². The second-order valence-electron chi connectivity index (χ2n) is 6.77. The molecule has 2 amide bonds. The van der Waals surface area contributed by atoms with Gasteiger partial charge in [0.15, 0.2) is 0 Å². The first-order valence-electron chi connectivity index (χ1n) is 9.21. The van der Waals surface area contributed by atoms with Gasteiger partial charge in [0.2, 0.25) is 5.88 Å². The predicted octanol–water partition coefficient (Wildman–Crippen LogP) is 4.93. The van der Waals surface area contributed by atoms with Crippen molar-refractivity contribution in [1.82, 2.24) is 9.88 Å². The normalized spacial score (nSPS) is 14.3. The molecule has 0 bridgehead atoms. The van der Waals surface area contributed by atoms with Crippen molar-refractivity contribution >= 4 is 29.5 Å². The number of pyridine rings is 1. The van der Waals surface area contributed by atoms with Crippen LogP contribution in [0.4, 0.5) is 0 Å². The van der Waals surface area contributed by atoms with Crippen molar-refractivity contribution < 1.29 is 19.4 Å². The third-order valence-electron chi connectivity index (χ3n) is 4.69. The maximum absolute atomic E-state index is 12.5. The Bertz CT molecular complexity index is 1120. The van der Waals surface area contributed by atoms with Crippen molar-refractivity contribution in [3.05, 3.63) is 88.6 Å². The molecule has 0 saturated heterocycles. The highest BCUT2D eigenvalue weighted by atomic mass is 35.5. The lowest BCUT2D eigenvalue weighted by molar-refractivity contribution is 0.0625. The lowest BCUT2D eigenvalue weighted by atomic mass is 10.1. The van der Waals surface area contributed by atoms with E-state index in [9.17, 15) is 14.7 Å². The van der Waals surface area contributed by atoms with Gasteiger partial charge in [-0.25, -0.2) is 4.98 Å². The van der Waals surface area contributed by atoms with E-state index in [1.807, 2.05) is 0 Å². The van der Waals surface area contributed by atoms with Gasteiger partial charge in [0.1, 0.15) is 11.5 Å². The number of hydrogen-bond acceptors (Lipinski definition) is 5. The van der Waals surface area contributed by atoms with Crippen molar-refractivity contribution in [2.45, 2.75) is 13.0 Å². The number of phenolic OH excluding ortho intramolecular Hbond substituents is 1. The second-order valence-corrected chi connectivity index (χ2v) is 7.18. The smallest absolute Gasteiger partial charge is 0.262 e. The summed E-state index contributed by atoms with van der Waals surface area (Å²) in [6.45, 7) is 1.79. The van der Waals surface area contributed by atoms with Crippen LogP contribution in [-0.4, -0.2) is 32.8 Å². The summed E-state index contributed by atoms with van der Waals surface area (Å²) in [5.74, 6) is 0.186. The van der Waals surface area contributed by atoms with E-state index in [1.54, 1.807) is 67.7 Å². The van der Waals surface area contributed by atoms with Crippen molar-refractivity contribution in [3.63, 3.8) is 0 Å². The van der Waals surface area contributed by atoms with Crippen LogP contribution in [0.15, 0.2) is 66.9 Å². The van der Waals surface area contributed by atoms with Crippen LogP contribution in [0.25, 0.3) is 6.08 Å². The molecule has 1 aliphatic heterocycles. The maximum atomic E-state index is 12.5. The Hall–Kier alpha value is -3.64. The second kappa shape index (κ2) is 8.00. The molecule has 0 saturated carbocycles. The molecule has 0 spiro atoms. The fourth-order valence-corrected chi connectivity index (χ4v) is 3.36. The van der Waals surface area contributed by atoms with Gasteiger partial charge in [0.05, 0.1) is 22.2 Å². The maximum Gasteiger partial charge on any atom is 0.262 e. The molecule has 4 rings (SSSR count). The number of fused-ring (bicyclic) bond motifs is 1. The molecule has 2 heterocycles. The van der Waals surface area contributed by atoms with Crippen molar-refractivity contribution in [1.29, 1.82) is 0 Å². The molecule has 150 valence electrons. The van der Waals surface area contributed by atoms with Gasteiger partial charge in [-0.1, -0.05) is 35.9 Å². The average molecular weight is 421 g/mol. The number of rotatable bonds is 5. The molecule has 1 aliphatic rings. The first-order valence-corrected chi connectivity index (χ1v) is 9.59. The number of ether oxygens (including phenoxy) is 1. The molecule has 6 nitrogen and oxygen atoms in total. The Morgan fingerprint density at radius 2 is 1.77 bits per heavy atom. The minimum Gasteiger partial charge on any atom is -0.508 e. The van der Waals surface area contributed by atoms with E-state index in [1.165, 1.54) is 17.0 Å². The zero-order chi connectivity index (χ0) is 21.3. The summed E-state index contributed by atoms with van der Waals surface area (Å²) in [6, 6.07) is 14.3. The topological polar surface area (TPSA) is 79.7 Å². The van der Waals surface area contributed by atoms with E-state index in [0.717, 1.165) is 5.56 Å². The SMILES string of the molecule is C[C@@H](C=Cc1ccc(Oc2ccc(O)cc2Cl)nc1)N1C(=O)c2ccccc2C1=O. The van der Waals surface area contributed by atoms with E-state index in [2.05, 4.69) is 4.98 Å². The number of nitrogens with zero attached hydrogens (tertiary/aromatic N) is 2. The Labute approximate surface area is 178 Å². The Morgan fingerprint density at radius 1 is 1.07 bits per heavy atom. The molecule has 1 atom stereocenters. The van der Waals surface area contributed by atoms with Gasteiger partial charge in [-0.3, -0.25) is 14.5 Å². The molecule has 0 unspecified atom stereocenters. The van der Waals surface area contributed by atoms with Crippen LogP contribution in [0.2, 0.25) is 5.02 Å². The van der Waals surface area contributed by atoms with E-state index >= 15 is 0 Å². The zero-order valence-electron chi connectivity index (χ0n) is 15.9. The third-order valence-corrected chi connectivity index (χ3v) is 4.98. The number of phenols is 1. The number of amides is 2. The van der Waals surface area contributed by atoms with Gasteiger partial charge in [-0.05, 0) is 42.8 Å². The van der Waals surface area contributed by atoms with Gasteiger partial charge in [-0.15, -0.1) is 0 Å². The zero-order valence-corrected chi connectivity index (χ0v) is 16.7. The predicted molar refractivity (Wildman–Crippen MR) is 113 cm³/mol. The highest BCUT2D eigenvalue weighted by Crippen LogP contribution is 2.31. The molecule has 1 aromatic heterocycles. The standard InChI is InChI=1S/C23H17ClN2O4/c1-14(26-22(28)17-4-2-3-5-18(17)23(26)29)6-7-15-8-11-21(25-13-15)30-20-10-9-16(27)12-19(20)24/h2-14,27H,1H3/t14-/m0/s1. The number of carbonyl (C=O) groups excluding carboxylic acids is 2. The Balaban J connectivity index is 1.44. The fraction of sp³-hybridized carbons (Fsp3) is 0.0870. The number of hydrogen-bond donors (Lipinski definition) is 1. The number of imide groups is 1. The van der Waals surface area contributed by atoms with Crippen LogP contribution in [0.3, 0.4) is 0 Å². The number of aromatic hydroxyl groups is 1. The van der Waals surface area contributed by atoms with E-state index in [4.69, 9.17) is 16.3 Å². The highest BCUT2D eigenvalue weighted by molar-refractivity contribution is 6.32. The first-order chi connectivity index (χ1) is 14.4. The Kier molecular flexibility index (Phi) is 5.25. The summed E-state index contributed by atoms with van der Waals surface area (Å²) in [7, 11) is 0.